The van der Waals surface area contributed by atoms with Crippen LogP contribution < -0.4 is 15.4 Å². The maximum Gasteiger partial charge on any atom is 0.407 e. The molecule has 6 radical (unpaired) electrons. The van der Waals surface area contributed by atoms with E-state index in [-0.39, 0.29) is 42.4 Å². The van der Waals surface area contributed by atoms with Crippen LogP contribution in [0, 0.1) is 25.5 Å². The van der Waals surface area contributed by atoms with E-state index in [1.165, 1.54) is 10.5 Å². The molecule has 0 saturated heterocycles. The second-order valence-electron chi connectivity index (χ2n) is 10.6. The van der Waals surface area contributed by atoms with E-state index in [4.69, 9.17) is 33.0 Å². The lowest BCUT2D eigenvalue weighted by Crippen LogP contribution is -2.55. The SMILES string of the molecule is [B]C([B])([B])CC(C)(CNC(=O)c1c(C)nc2c(OCc3c(F)cccc3F)nc(C)cn12)NC(=O)OCc1ccccc1. The van der Waals surface area contributed by atoms with Gasteiger partial charge in [0.2, 0.25) is 5.65 Å². The number of alkyl carbamates (subject to hydrolysis) is 1. The number of rotatable bonds is 11. The molecule has 1 atom stereocenters. The van der Waals surface area contributed by atoms with Gasteiger partial charge in [0.1, 0.15) is 30.5 Å². The maximum atomic E-state index is 14.1. The summed E-state index contributed by atoms with van der Waals surface area (Å²) >= 11 is 0. The smallest absolute Gasteiger partial charge is 0.407 e. The Morgan fingerprint density at radius 3 is 2.30 bits per heavy atom. The number of imidazole rings is 1. The highest BCUT2D eigenvalue weighted by atomic mass is 19.1. The Labute approximate surface area is 252 Å². The van der Waals surface area contributed by atoms with Gasteiger partial charge in [-0.15, -0.1) is 5.11 Å². The van der Waals surface area contributed by atoms with E-state index in [2.05, 4.69) is 20.6 Å². The van der Waals surface area contributed by atoms with E-state index in [0.717, 1.165) is 17.7 Å². The van der Waals surface area contributed by atoms with Crippen molar-refractivity contribution >= 4 is 41.2 Å². The first-order chi connectivity index (χ1) is 20.2. The number of amides is 2. The molecule has 0 aliphatic rings. The van der Waals surface area contributed by atoms with Crippen molar-refractivity contribution in [3.05, 3.63) is 94.6 Å². The van der Waals surface area contributed by atoms with Crippen LogP contribution in [0.15, 0.2) is 54.7 Å². The first kappa shape index (κ1) is 31.6. The minimum atomic E-state index is -1.68. The fourth-order valence-electron chi connectivity index (χ4n) is 4.62. The lowest BCUT2D eigenvalue weighted by Gasteiger charge is -2.37. The van der Waals surface area contributed by atoms with E-state index in [0.29, 0.717) is 11.4 Å². The molecular formula is C29H28B3F2N5O4. The number of aromatic nitrogens is 3. The summed E-state index contributed by atoms with van der Waals surface area (Å²) in [7, 11) is 17.6. The van der Waals surface area contributed by atoms with E-state index in [9.17, 15) is 18.4 Å². The van der Waals surface area contributed by atoms with Crippen molar-refractivity contribution in [2.24, 2.45) is 0 Å². The third kappa shape index (κ3) is 8.15. The van der Waals surface area contributed by atoms with Crippen molar-refractivity contribution < 1.29 is 27.8 Å². The average Bonchev–Trinajstić information content (AvgIpc) is 3.25. The minimum Gasteiger partial charge on any atom is -0.470 e. The fraction of sp³-hybridized carbons (Fsp3) is 0.310. The second kappa shape index (κ2) is 12.9. The quantitative estimate of drug-likeness (QED) is 0.263. The van der Waals surface area contributed by atoms with Crippen molar-refractivity contribution in [1.29, 1.82) is 0 Å². The topological polar surface area (TPSA) is 107 Å². The second-order valence-corrected chi connectivity index (χ2v) is 10.6. The molecule has 1 unspecified atom stereocenters. The van der Waals surface area contributed by atoms with Crippen molar-refractivity contribution in [1.82, 2.24) is 25.0 Å². The van der Waals surface area contributed by atoms with Crippen LogP contribution >= 0.6 is 0 Å². The summed E-state index contributed by atoms with van der Waals surface area (Å²) in [5, 5.41) is 3.80. The molecule has 0 bridgehead atoms. The summed E-state index contributed by atoms with van der Waals surface area (Å²) in [6.07, 6.45) is 0.690. The maximum absolute atomic E-state index is 14.1. The van der Waals surface area contributed by atoms with Crippen LogP contribution in [0.25, 0.3) is 5.65 Å². The molecule has 2 aromatic heterocycles. The van der Waals surface area contributed by atoms with E-state index in [1.54, 1.807) is 27.0 Å². The Morgan fingerprint density at radius 1 is 0.977 bits per heavy atom. The zero-order valence-corrected chi connectivity index (χ0v) is 24.0. The van der Waals surface area contributed by atoms with Crippen molar-refractivity contribution in [2.75, 3.05) is 6.54 Å². The van der Waals surface area contributed by atoms with Crippen molar-refractivity contribution in [3.8, 4) is 5.88 Å². The Morgan fingerprint density at radius 2 is 1.65 bits per heavy atom. The van der Waals surface area contributed by atoms with Gasteiger partial charge in [0.15, 0.2) is 0 Å². The number of hydrogen-bond acceptors (Lipinski definition) is 6. The van der Waals surface area contributed by atoms with Gasteiger partial charge < -0.3 is 20.1 Å². The summed E-state index contributed by atoms with van der Waals surface area (Å²) in [4.78, 5) is 34.8. The van der Waals surface area contributed by atoms with E-state index in [1.807, 2.05) is 30.3 Å². The molecule has 0 spiro atoms. The van der Waals surface area contributed by atoms with Crippen LogP contribution in [0.2, 0.25) is 5.11 Å². The number of carbonyl (C=O) groups excluding carboxylic acids is 2. The Bertz CT molecular complexity index is 1610. The number of hydrogen-bond donors (Lipinski definition) is 2. The van der Waals surface area contributed by atoms with Crippen LogP contribution in [-0.2, 0) is 18.0 Å². The highest BCUT2D eigenvalue weighted by Crippen LogP contribution is 2.26. The molecule has 14 heteroatoms. The molecule has 0 saturated carbocycles. The van der Waals surface area contributed by atoms with Crippen molar-refractivity contribution in [2.45, 2.75) is 51.1 Å². The molecule has 2 amide bonds. The average molecular weight is 581 g/mol. The predicted molar refractivity (Wildman–Crippen MR) is 158 cm³/mol. The van der Waals surface area contributed by atoms with Gasteiger partial charge in [0.05, 0.1) is 46.0 Å². The van der Waals surface area contributed by atoms with Crippen LogP contribution in [0.3, 0.4) is 0 Å². The standard InChI is InChI=1S/C29H28B3F2N5O4/c1-17-12-39-23(18(2)37-24(39)26(36-17)42-14-20-21(33)10-7-11-22(20)34)25(40)35-16-28(3,15-29(30,31)32)38-27(41)43-13-19-8-5-4-6-9-19/h4-12H,13-16H2,1-3H3,(H,35,40)(H,38,41). The molecule has 4 aromatic rings. The summed E-state index contributed by atoms with van der Waals surface area (Å²) in [6, 6.07) is 12.6. The number of ether oxygens (including phenoxy) is 2. The number of fused-ring (bicyclic) bond motifs is 1. The molecule has 2 N–H and O–H groups in total. The summed E-state index contributed by atoms with van der Waals surface area (Å²) in [6.45, 7) is 4.34. The Hall–Kier alpha value is -4.35. The van der Waals surface area contributed by atoms with Crippen LogP contribution in [-0.4, -0.2) is 62.0 Å². The van der Waals surface area contributed by atoms with Crippen LogP contribution in [0.4, 0.5) is 13.6 Å². The van der Waals surface area contributed by atoms with Gasteiger partial charge in [0.25, 0.3) is 11.8 Å². The molecule has 9 nitrogen and oxygen atoms in total. The van der Waals surface area contributed by atoms with Gasteiger partial charge in [-0.05, 0) is 44.9 Å². The third-order valence-corrected chi connectivity index (χ3v) is 6.45. The molecule has 4 rings (SSSR count). The lowest BCUT2D eigenvalue weighted by atomic mass is 9.39. The van der Waals surface area contributed by atoms with Gasteiger partial charge in [-0.3, -0.25) is 9.20 Å². The van der Waals surface area contributed by atoms with Crippen molar-refractivity contribution in [3.63, 3.8) is 0 Å². The number of nitrogens with zero attached hydrogens (tertiary/aromatic N) is 3. The Balaban J connectivity index is 1.52. The molecule has 0 aliphatic heterocycles. The highest BCUT2D eigenvalue weighted by Gasteiger charge is 2.33. The summed E-state index contributed by atoms with van der Waals surface area (Å²) in [5.74, 6) is -2.10. The lowest BCUT2D eigenvalue weighted by molar-refractivity contribution is 0.0921. The zero-order chi connectivity index (χ0) is 31.4. The third-order valence-electron chi connectivity index (χ3n) is 6.45. The normalized spacial score (nSPS) is 12.9. The number of halogens is 2. The molecule has 2 heterocycles. The molecule has 0 aliphatic carbocycles. The molecule has 0 fully saturated rings. The van der Waals surface area contributed by atoms with Gasteiger partial charge in [-0.2, -0.15) is 0 Å². The number of nitrogens with one attached hydrogen (secondary N) is 2. The van der Waals surface area contributed by atoms with Gasteiger partial charge in [-0.25, -0.2) is 23.5 Å². The van der Waals surface area contributed by atoms with E-state index < -0.39 is 40.9 Å². The predicted octanol–water partition coefficient (Wildman–Crippen LogP) is 3.59. The first-order valence-corrected chi connectivity index (χ1v) is 13.3. The molecular weight excluding hydrogens is 553 g/mol. The summed E-state index contributed by atoms with van der Waals surface area (Å²) in [5.41, 5.74) is 0.399. The summed E-state index contributed by atoms with van der Waals surface area (Å²) < 4.78 is 40.7. The molecule has 43 heavy (non-hydrogen) atoms. The van der Waals surface area contributed by atoms with Gasteiger partial charge in [-0.1, -0.05) is 36.4 Å². The number of aryl methyl sites for hydroxylation is 2. The Kier molecular flexibility index (Phi) is 9.47. The first-order valence-electron chi connectivity index (χ1n) is 13.3. The molecule has 216 valence electrons. The van der Waals surface area contributed by atoms with Gasteiger partial charge in [0, 0.05) is 12.7 Å². The monoisotopic (exact) mass is 581 g/mol. The number of benzene rings is 2. The van der Waals surface area contributed by atoms with Crippen LogP contribution in [0.5, 0.6) is 5.88 Å². The highest BCUT2D eigenvalue weighted by molar-refractivity contribution is 6.58. The number of carbonyl (C=O) groups is 2. The van der Waals surface area contributed by atoms with Crippen LogP contribution in [0.1, 0.15) is 46.3 Å². The van der Waals surface area contributed by atoms with Gasteiger partial charge >= 0.3 is 6.09 Å². The minimum absolute atomic E-state index is 0.0170. The zero-order valence-electron chi connectivity index (χ0n) is 24.0. The largest absolute Gasteiger partial charge is 0.470 e. The van der Waals surface area contributed by atoms with E-state index >= 15 is 0 Å². The fourth-order valence-corrected chi connectivity index (χ4v) is 4.62. The molecule has 2 aromatic carbocycles.